The zero-order valence-corrected chi connectivity index (χ0v) is 8.49. The fourth-order valence-corrected chi connectivity index (χ4v) is 1.10. The van der Waals surface area contributed by atoms with Gasteiger partial charge in [-0.2, -0.15) is 0 Å². The van der Waals surface area contributed by atoms with Crippen molar-refractivity contribution in [3.63, 3.8) is 0 Å². The molecule has 7 heteroatoms. The summed E-state index contributed by atoms with van der Waals surface area (Å²) in [6, 6.07) is 0. The molecular weight excluding hydrogens is 264 g/mol. The second kappa shape index (κ2) is 4.79. The van der Waals surface area contributed by atoms with Crippen molar-refractivity contribution in [3.8, 4) is 0 Å². The first-order valence-corrected chi connectivity index (χ1v) is 3.43. The summed E-state index contributed by atoms with van der Waals surface area (Å²) in [7, 11) is 0. The van der Waals surface area contributed by atoms with E-state index in [1.165, 1.54) is 0 Å². The molecule has 0 radical (unpaired) electrons. The smallest absolute Gasteiger partial charge is 0.106 e. The van der Waals surface area contributed by atoms with E-state index in [4.69, 9.17) is 30.6 Å². The van der Waals surface area contributed by atoms with E-state index in [9.17, 15) is 0 Å². The van der Waals surface area contributed by atoms with E-state index in [0.29, 0.717) is 0 Å². The van der Waals surface area contributed by atoms with Crippen LogP contribution >= 0.6 is 0 Å². The molecule has 0 aromatic rings. The third-order valence-electron chi connectivity index (χ3n) is 1.95. The minimum atomic E-state index is -1.72. The van der Waals surface area contributed by atoms with Crippen molar-refractivity contribution in [1.82, 2.24) is 0 Å². The van der Waals surface area contributed by atoms with Crippen LogP contribution in [0.1, 0.15) is 0 Å². The maximum absolute atomic E-state index is 8.96. The molecule has 1 rings (SSSR count). The molecule has 0 aliphatic heterocycles. The Labute approximate surface area is 88.7 Å². The first-order chi connectivity index (χ1) is 5.46. The first-order valence-electron chi connectivity index (χ1n) is 3.43. The van der Waals surface area contributed by atoms with E-state index in [2.05, 4.69) is 0 Å². The minimum Gasteiger partial charge on any atom is -0.558 e. The molecule has 0 heterocycles. The molecule has 13 heavy (non-hydrogen) atoms. The van der Waals surface area contributed by atoms with Gasteiger partial charge in [-0.15, -0.1) is 6.10 Å². The van der Waals surface area contributed by atoms with Crippen LogP contribution in [0.15, 0.2) is 0 Å². The van der Waals surface area contributed by atoms with Gasteiger partial charge in [-0.05, 0) is 12.2 Å². The van der Waals surface area contributed by atoms with Crippen molar-refractivity contribution in [2.75, 3.05) is 0 Å². The summed E-state index contributed by atoms with van der Waals surface area (Å²) < 4.78 is 0. The number of aliphatic hydroxyl groups is 6. The molecule has 0 bridgehead atoms. The zero-order chi connectivity index (χ0) is 9.46. The molecule has 0 spiro atoms. The van der Waals surface area contributed by atoms with Gasteiger partial charge in [-0.25, -0.2) is 0 Å². The van der Waals surface area contributed by atoms with E-state index in [-0.39, 0.29) is 21.1 Å². The molecule has 6 N–H and O–H groups in total. The fourth-order valence-electron chi connectivity index (χ4n) is 1.10. The molecule has 0 saturated heterocycles. The number of hydrogen-bond donors (Lipinski definition) is 6. The SMILES string of the molecule is O[C-]1[C@H](O)[C@H](O)C(O)[C@H](O)[C@H]1O.[Mo]. The maximum atomic E-state index is 8.96. The Morgan fingerprint density at radius 2 is 1.00 bits per heavy atom. The van der Waals surface area contributed by atoms with Crippen LogP contribution in [0.2, 0.25) is 0 Å². The Morgan fingerprint density at radius 1 is 0.692 bits per heavy atom. The van der Waals surface area contributed by atoms with Crippen molar-refractivity contribution in [2.24, 2.45) is 0 Å². The molecule has 1 saturated carbocycles. The second-order valence-electron chi connectivity index (χ2n) is 2.79. The fraction of sp³-hybridized carbons (Fsp3) is 0.833. The minimum absolute atomic E-state index is 0. The summed E-state index contributed by atoms with van der Waals surface area (Å²) in [5.41, 5.74) is 0. The summed E-state index contributed by atoms with van der Waals surface area (Å²) in [5.74, 6) is 0. The van der Waals surface area contributed by atoms with E-state index in [1.807, 2.05) is 0 Å². The molecule has 1 fully saturated rings. The summed E-state index contributed by atoms with van der Waals surface area (Å²) in [6.45, 7) is 0. The van der Waals surface area contributed by atoms with Crippen LogP contribution in [0.25, 0.3) is 0 Å². The average Bonchev–Trinajstić information content (AvgIpc) is 2.08. The second-order valence-corrected chi connectivity index (χ2v) is 2.79. The standard InChI is InChI=1S/C6H11O6.Mo/c7-1-2(8)4(10)6(12)5(11)3(1)9;/h1-5,7-12H;/q-1;/t1?,2-,3+,4-,5-;/m1./s1. The largest absolute Gasteiger partial charge is 0.558 e. The van der Waals surface area contributed by atoms with E-state index in [1.54, 1.807) is 0 Å². The molecule has 1 aliphatic carbocycles. The predicted molar refractivity (Wildman–Crippen MR) is 35.2 cm³/mol. The molecule has 1 unspecified atom stereocenters. The van der Waals surface area contributed by atoms with Gasteiger partial charge in [0.15, 0.2) is 0 Å². The number of aliphatic hydroxyl groups excluding tert-OH is 6. The van der Waals surface area contributed by atoms with Crippen molar-refractivity contribution in [2.45, 2.75) is 30.5 Å². The van der Waals surface area contributed by atoms with Crippen molar-refractivity contribution in [3.05, 3.63) is 6.10 Å². The quantitative estimate of drug-likeness (QED) is 0.203. The molecule has 5 atom stereocenters. The van der Waals surface area contributed by atoms with E-state index >= 15 is 0 Å². The monoisotopic (exact) mass is 277 g/mol. The molecule has 0 amide bonds. The van der Waals surface area contributed by atoms with Crippen LogP contribution < -0.4 is 0 Å². The van der Waals surface area contributed by atoms with Crippen molar-refractivity contribution >= 4 is 0 Å². The van der Waals surface area contributed by atoms with Crippen LogP contribution in [0, 0.1) is 6.10 Å². The van der Waals surface area contributed by atoms with Crippen molar-refractivity contribution < 1.29 is 51.7 Å². The maximum Gasteiger partial charge on any atom is 0.106 e. The summed E-state index contributed by atoms with van der Waals surface area (Å²) in [6.07, 6.45) is -9.30. The third kappa shape index (κ3) is 2.27. The van der Waals surface area contributed by atoms with Gasteiger partial charge in [-0.3, -0.25) is 0 Å². The third-order valence-corrected chi connectivity index (χ3v) is 1.95. The Balaban J connectivity index is 0.00000144. The average molecular weight is 275 g/mol. The van der Waals surface area contributed by atoms with Gasteiger partial charge >= 0.3 is 0 Å². The summed E-state index contributed by atoms with van der Waals surface area (Å²) in [4.78, 5) is 0. The zero-order valence-electron chi connectivity index (χ0n) is 6.48. The molecule has 78 valence electrons. The Kier molecular flexibility index (Phi) is 4.96. The van der Waals surface area contributed by atoms with E-state index < -0.39 is 36.6 Å². The van der Waals surface area contributed by atoms with Gasteiger partial charge < -0.3 is 30.6 Å². The molecular formula is C6H11MoO6-. The van der Waals surface area contributed by atoms with Crippen molar-refractivity contribution in [1.29, 1.82) is 0 Å². The summed E-state index contributed by atoms with van der Waals surface area (Å²) >= 11 is 0. The van der Waals surface area contributed by atoms with Crippen LogP contribution in [0.4, 0.5) is 0 Å². The topological polar surface area (TPSA) is 121 Å². The molecule has 0 aromatic heterocycles. The van der Waals surface area contributed by atoms with Crippen LogP contribution in [0.3, 0.4) is 0 Å². The first kappa shape index (κ1) is 13.4. The van der Waals surface area contributed by atoms with Gasteiger partial charge in [0.2, 0.25) is 0 Å². The van der Waals surface area contributed by atoms with E-state index in [0.717, 1.165) is 0 Å². The van der Waals surface area contributed by atoms with Gasteiger partial charge in [0, 0.05) is 21.1 Å². The molecule has 1 aliphatic rings. The Morgan fingerprint density at radius 3 is 1.31 bits per heavy atom. The molecule has 6 nitrogen and oxygen atoms in total. The van der Waals surface area contributed by atoms with Gasteiger partial charge in [0.1, 0.15) is 6.10 Å². The normalized spacial score (nSPS) is 47.1. The number of rotatable bonds is 0. The van der Waals surface area contributed by atoms with Gasteiger partial charge in [0.05, 0.1) is 12.2 Å². The molecule has 0 aromatic carbocycles. The Hall–Kier alpha value is 0.448. The number of hydrogen-bond acceptors (Lipinski definition) is 6. The Bertz CT molecular complexity index is 109. The van der Waals surface area contributed by atoms with Gasteiger partial charge in [-0.1, -0.05) is 0 Å². The summed E-state index contributed by atoms with van der Waals surface area (Å²) in [5, 5.41) is 53.6. The van der Waals surface area contributed by atoms with Crippen LogP contribution in [-0.4, -0.2) is 61.2 Å². The predicted octanol–water partition coefficient (Wildman–Crippen LogP) is -3.29. The van der Waals surface area contributed by atoms with Crippen LogP contribution in [0.5, 0.6) is 0 Å². The van der Waals surface area contributed by atoms with Crippen LogP contribution in [-0.2, 0) is 21.1 Å². The van der Waals surface area contributed by atoms with Gasteiger partial charge in [0.25, 0.3) is 0 Å².